The summed E-state index contributed by atoms with van der Waals surface area (Å²) in [4.78, 5) is 29.1. The second-order valence-corrected chi connectivity index (χ2v) is 6.24. The molecule has 0 aromatic heterocycles. The van der Waals surface area contributed by atoms with Crippen LogP contribution >= 0.6 is 0 Å². The van der Waals surface area contributed by atoms with E-state index in [9.17, 15) is 9.59 Å². The molecule has 2 aliphatic rings. The number of anilines is 2. The number of carbonyl (C=O) groups is 2. The molecule has 26 heavy (non-hydrogen) atoms. The van der Waals surface area contributed by atoms with Crippen molar-refractivity contribution >= 4 is 34.3 Å². The number of nitrogens with zero attached hydrogens (tertiary/aromatic N) is 2. The maximum Gasteiger partial charge on any atom is 0.259 e. The number of amides is 2. The van der Waals surface area contributed by atoms with Crippen LogP contribution in [-0.4, -0.2) is 40.1 Å². The lowest BCUT2D eigenvalue weighted by atomic mass is 9.96. The molecule has 132 valence electrons. The molecule has 0 radical (unpaired) electrons. The Labute approximate surface area is 151 Å². The number of methoxy groups -OCH3 is 2. The number of hydrogen-bond donors (Lipinski definition) is 0. The van der Waals surface area contributed by atoms with Crippen molar-refractivity contribution in [3.05, 3.63) is 47.5 Å². The van der Waals surface area contributed by atoms with Crippen molar-refractivity contribution in [1.82, 2.24) is 0 Å². The Hall–Kier alpha value is -3.28. The fraction of sp³-hybridized carbons (Fsp3) is 0.200. The van der Waals surface area contributed by atoms with E-state index in [-0.39, 0.29) is 11.8 Å². The molecular formula is C20H18N2O4. The number of hydrogen-bond acceptors (Lipinski definition) is 4. The molecule has 0 unspecified atom stereocenters. The Morgan fingerprint density at radius 3 is 1.42 bits per heavy atom. The average molecular weight is 350 g/mol. The summed E-state index contributed by atoms with van der Waals surface area (Å²) in [5.41, 5.74) is 3.69. The van der Waals surface area contributed by atoms with Gasteiger partial charge in [-0.05, 0) is 36.4 Å². The predicted octanol–water partition coefficient (Wildman–Crippen LogP) is 2.57. The third-order valence-electron chi connectivity index (χ3n) is 4.96. The summed E-state index contributed by atoms with van der Waals surface area (Å²) in [6, 6.07) is 10.9. The van der Waals surface area contributed by atoms with Gasteiger partial charge in [0.15, 0.2) is 0 Å². The minimum atomic E-state index is -0.208. The topological polar surface area (TPSA) is 59.1 Å². The van der Waals surface area contributed by atoms with Gasteiger partial charge in [0, 0.05) is 25.2 Å². The van der Waals surface area contributed by atoms with Crippen LogP contribution in [0.5, 0.6) is 11.5 Å². The first-order valence-electron chi connectivity index (χ1n) is 8.15. The molecule has 0 saturated heterocycles. The first-order valence-corrected chi connectivity index (χ1v) is 8.15. The van der Waals surface area contributed by atoms with E-state index in [2.05, 4.69) is 0 Å². The first kappa shape index (κ1) is 16.2. The lowest BCUT2D eigenvalue weighted by Gasteiger charge is -2.09. The molecule has 6 heteroatoms. The van der Waals surface area contributed by atoms with Gasteiger partial charge in [0.25, 0.3) is 11.8 Å². The molecule has 6 nitrogen and oxygen atoms in total. The molecule has 2 aliphatic heterocycles. The van der Waals surface area contributed by atoms with Crippen molar-refractivity contribution in [3.63, 3.8) is 0 Å². The summed E-state index contributed by atoms with van der Waals surface area (Å²) >= 11 is 0. The first-order chi connectivity index (χ1) is 12.5. The van der Waals surface area contributed by atoms with Crippen molar-refractivity contribution in [2.75, 3.05) is 38.1 Å². The predicted molar refractivity (Wildman–Crippen MR) is 99.6 cm³/mol. The SMILES string of the molecule is COc1ccc2c(c1)/C(=C1\C(=O)N(C)c3ccc(OC)cc31)C(=O)N2C. The molecule has 0 aliphatic carbocycles. The molecule has 2 amide bonds. The number of fused-ring (bicyclic) bond motifs is 2. The smallest absolute Gasteiger partial charge is 0.259 e. The minimum absolute atomic E-state index is 0.208. The van der Waals surface area contributed by atoms with Gasteiger partial charge in [-0.1, -0.05) is 0 Å². The number of rotatable bonds is 2. The Kier molecular flexibility index (Phi) is 3.50. The van der Waals surface area contributed by atoms with Gasteiger partial charge in [-0.15, -0.1) is 0 Å². The molecular weight excluding hydrogens is 332 g/mol. The lowest BCUT2D eigenvalue weighted by Crippen LogP contribution is -2.24. The fourth-order valence-electron chi connectivity index (χ4n) is 3.54. The van der Waals surface area contributed by atoms with Gasteiger partial charge >= 0.3 is 0 Å². The van der Waals surface area contributed by atoms with Gasteiger partial charge in [-0.2, -0.15) is 0 Å². The summed E-state index contributed by atoms with van der Waals surface area (Å²) < 4.78 is 10.6. The standard InChI is InChI=1S/C20H18N2O4/c1-21-15-7-5-11(25-3)9-13(15)17(19(21)23)18-14-10-12(26-4)6-8-16(14)22(2)20(18)24/h5-10H,1-4H3/b18-17+. The normalized spacial score (nSPS) is 18.3. The van der Waals surface area contributed by atoms with Crippen molar-refractivity contribution < 1.29 is 19.1 Å². The fourth-order valence-corrected chi connectivity index (χ4v) is 3.54. The highest BCUT2D eigenvalue weighted by molar-refractivity contribution is 6.49. The molecule has 0 spiro atoms. The Morgan fingerprint density at radius 1 is 0.692 bits per heavy atom. The molecule has 0 saturated carbocycles. The third-order valence-corrected chi connectivity index (χ3v) is 4.96. The molecule has 2 aromatic carbocycles. The zero-order valence-corrected chi connectivity index (χ0v) is 15.0. The van der Waals surface area contributed by atoms with Gasteiger partial charge in [0.2, 0.25) is 0 Å². The summed E-state index contributed by atoms with van der Waals surface area (Å²) in [6.45, 7) is 0. The largest absolute Gasteiger partial charge is 0.497 e. The van der Waals surface area contributed by atoms with Crippen LogP contribution < -0.4 is 19.3 Å². The number of carbonyl (C=O) groups excluding carboxylic acids is 2. The summed E-state index contributed by atoms with van der Waals surface area (Å²) in [6.07, 6.45) is 0. The zero-order valence-electron chi connectivity index (χ0n) is 15.0. The summed E-state index contributed by atoms with van der Waals surface area (Å²) in [5.74, 6) is 0.852. The van der Waals surface area contributed by atoms with Gasteiger partial charge in [0.05, 0.1) is 36.7 Å². The van der Waals surface area contributed by atoms with E-state index in [1.54, 1.807) is 62.4 Å². The van der Waals surface area contributed by atoms with Gasteiger partial charge in [-0.25, -0.2) is 0 Å². The molecule has 0 fully saturated rings. The van der Waals surface area contributed by atoms with Crippen molar-refractivity contribution in [2.24, 2.45) is 0 Å². The van der Waals surface area contributed by atoms with Crippen LogP contribution in [0.3, 0.4) is 0 Å². The van der Waals surface area contributed by atoms with E-state index in [1.165, 1.54) is 0 Å². The number of likely N-dealkylation sites (N-methyl/N-ethyl adjacent to an activating group) is 2. The second-order valence-electron chi connectivity index (χ2n) is 6.24. The quantitative estimate of drug-likeness (QED) is 0.781. The number of benzene rings is 2. The Bertz CT molecular complexity index is 914. The highest BCUT2D eigenvalue weighted by Crippen LogP contribution is 2.47. The van der Waals surface area contributed by atoms with Crippen LogP contribution in [0.25, 0.3) is 11.1 Å². The van der Waals surface area contributed by atoms with Crippen LogP contribution in [0, 0.1) is 0 Å². The summed E-state index contributed by atoms with van der Waals surface area (Å²) in [7, 11) is 6.56. The maximum atomic E-state index is 13.0. The van der Waals surface area contributed by atoms with E-state index < -0.39 is 0 Å². The van der Waals surface area contributed by atoms with Gasteiger partial charge < -0.3 is 19.3 Å². The zero-order chi connectivity index (χ0) is 18.6. The van der Waals surface area contributed by atoms with E-state index in [4.69, 9.17) is 9.47 Å². The molecule has 0 atom stereocenters. The van der Waals surface area contributed by atoms with Crippen molar-refractivity contribution in [3.8, 4) is 11.5 Å². The van der Waals surface area contributed by atoms with Crippen LogP contribution in [0.15, 0.2) is 36.4 Å². The molecule has 4 rings (SSSR count). The van der Waals surface area contributed by atoms with Crippen molar-refractivity contribution in [1.29, 1.82) is 0 Å². The van der Waals surface area contributed by atoms with Crippen molar-refractivity contribution in [2.45, 2.75) is 0 Å². The highest BCUT2D eigenvalue weighted by atomic mass is 16.5. The minimum Gasteiger partial charge on any atom is -0.497 e. The molecule has 0 N–H and O–H groups in total. The average Bonchev–Trinajstić information content (AvgIpc) is 3.05. The molecule has 0 bridgehead atoms. The van der Waals surface area contributed by atoms with Gasteiger partial charge in [-0.3, -0.25) is 9.59 Å². The van der Waals surface area contributed by atoms with E-state index >= 15 is 0 Å². The summed E-state index contributed by atoms with van der Waals surface area (Å²) in [5, 5.41) is 0. The Balaban J connectivity index is 2.04. The van der Waals surface area contributed by atoms with Crippen LogP contribution in [0.2, 0.25) is 0 Å². The Morgan fingerprint density at radius 2 is 1.08 bits per heavy atom. The van der Waals surface area contributed by atoms with E-state index in [1.807, 2.05) is 12.1 Å². The van der Waals surface area contributed by atoms with Crippen LogP contribution in [0.4, 0.5) is 11.4 Å². The molecule has 2 aromatic rings. The monoisotopic (exact) mass is 350 g/mol. The highest BCUT2D eigenvalue weighted by Gasteiger charge is 2.40. The van der Waals surface area contributed by atoms with Gasteiger partial charge in [0.1, 0.15) is 11.5 Å². The lowest BCUT2D eigenvalue weighted by molar-refractivity contribution is -0.114. The van der Waals surface area contributed by atoms with E-state index in [0.717, 1.165) is 11.4 Å². The van der Waals surface area contributed by atoms with Crippen LogP contribution in [0.1, 0.15) is 11.1 Å². The third kappa shape index (κ3) is 2.05. The second kappa shape index (κ2) is 5.62. The number of ether oxygens (including phenoxy) is 2. The maximum absolute atomic E-state index is 13.0. The molecule has 2 heterocycles. The van der Waals surface area contributed by atoms with Crippen LogP contribution in [-0.2, 0) is 9.59 Å². The van der Waals surface area contributed by atoms with E-state index in [0.29, 0.717) is 33.8 Å².